The van der Waals surface area contributed by atoms with Crippen molar-refractivity contribution in [2.45, 2.75) is 45.4 Å². The third-order valence-electron chi connectivity index (χ3n) is 3.93. The number of nitrogens with one attached hydrogen (secondary N) is 2. The maximum Gasteiger partial charge on any atom is 0.311 e. The van der Waals surface area contributed by atoms with Gasteiger partial charge in [0.1, 0.15) is 11.6 Å². The quantitative estimate of drug-likeness (QED) is 0.765. The van der Waals surface area contributed by atoms with Crippen molar-refractivity contribution in [1.82, 2.24) is 9.97 Å². The van der Waals surface area contributed by atoms with Crippen molar-refractivity contribution in [3.8, 4) is 0 Å². The standard InChI is InChI=1S/C14H21N3O3/c1-9(2)12-16-10(7-11(18)17-12)15-8-14(13(19)20)5-3-4-6-14/h7,9H,3-6,8H2,1-2H3,(H,19,20)(H2,15,16,17,18). The second-order valence-electron chi connectivity index (χ2n) is 5.82. The van der Waals surface area contributed by atoms with Crippen molar-refractivity contribution in [1.29, 1.82) is 0 Å². The molecule has 1 fully saturated rings. The van der Waals surface area contributed by atoms with Gasteiger partial charge in [-0.2, -0.15) is 0 Å². The van der Waals surface area contributed by atoms with Crippen LogP contribution in [0.25, 0.3) is 0 Å². The van der Waals surface area contributed by atoms with E-state index in [0.717, 1.165) is 12.8 Å². The summed E-state index contributed by atoms with van der Waals surface area (Å²) in [5.74, 6) is 0.404. The first-order valence-corrected chi connectivity index (χ1v) is 7.01. The molecule has 1 heterocycles. The fraction of sp³-hybridized carbons (Fsp3) is 0.643. The summed E-state index contributed by atoms with van der Waals surface area (Å²) < 4.78 is 0. The second kappa shape index (κ2) is 5.64. The summed E-state index contributed by atoms with van der Waals surface area (Å²) in [6, 6.07) is 1.37. The highest BCUT2D eigenvalue weighted by Gasteiger charge is 2.41. The Labute approximate surface area is 117 Å². The molecule has 2 rings (SSSR count). The molecule has 0 saturated heterocycles. The summed E-state index contributed by atoms with van der Waals surface area (Å²) in [6.45, 7) is 4.20. The van der Waals surface area contributed by atoms with Crippen LogP contribution < -0.4 is 10.9 Å². The van der Waals surface area contributed by atoms with E-state index in [1.165, 1.54) is 6.07 Å². The van der Waals surface area contributed by atoms with Crippen molar-refractivity contribution < 1.29 is 9.90 Å². The maximum atomic E-state index is 11.6. The summed E-state index contributed by atoms with van der Waals surface area (Å²) in [6.07, 6.45) is 3.23. The van der Waals surface area contributed by atoms with Crippen molar-refractivity contribution in [3.05, 3.63) is 22.2 Å². The second-order valence-corrected chi connectivity index (χ2v) is 5.82. The molecule has 0 unspecified atom stereocenters. The summed E-state index contributed by atoms with van der Waals surface area (Å²) in [7, 11) is 0. The monoisotopic (exact) mass is 279 g/mol. The Kier molecular flexibility index (Phi) is 4.11. The molecule has 0 aliphatic heterocycles. The average Bonchev–Trinajstić information content (AvgIpc) is 2.86. The van der Waals surface area contributed by atoms with E-state index in [2.05, 4.69) is 15.3 Å². The zero-order valence-corrected chi connectivity index (χ0v) is 11.9. The van der Waals surface area contributed by atoms with Gasteiger partial charge in [-0.05, 0) is 12.8 Å². The van der Waals surface area contributed by atoms with Crippen molar-refractivity contribution in [3.63, 3.8) is 0 Å². The number of H-pyrrole nitrogens is 1. The molecule has 1 aromatic heterocycles. The average molecular weight is 279 g/mol. The third-order valence-corrected chi connectivity index (χ3v) is 3.93. The van der Waals surface area contributed by atoms with E-state index in [-0.39, 0.29) is 11.5 Å². The van der Waals surface area contributed by atoms with Gasteiger partial charge < -0.3 is 15.4 Å². The summed E-state index contributed by atoms with van der Waals surface area (Å²) in [4.78, 5) is 30.0. The summed E-state index contributed by atoms with van der Waals surface area (Å²) >= 11 is 0. The predicted molar refractivity (Wildman–Crippen MR) is 76.0 cm³/mol. The van der Waals surface area contributed by atoms with Crippen molar-refractivity contribution in [2.24, 2.45) is 5.41 Å². The number of carbonyl (C=O) groups is 1. The summed E-state index contributed by atoms with van der Waals surface area (Å²) in [5, 5.41) is 12.4. The molecule has 6 heteroatoms. The lowest BCUT2D eigenvalue weighted by Crippen LogP contribution is -2.35. The fourth-order valence-electron chi connectivity index (χ4n) is 2.62. The molecule has 1 aliphatic rings. The van der Waals surface area contributed by atoms with E-state index in [1.54, 1.807) is 0 Å². The lowest BCUT2D eigenvalue weighted by Gasteiger charge is -2.24. The molecule has 110 valence electrons. The van der Waals surface area contributed by atoms with Gasteiger partial charge in [0.25, 0.3) is 5.56 Å². The van der Waals surface area contributed by atoms with Gasteiger partial charge in [0.15, 0.2) is 0 Å². The Morgan fingerprint density at radius 1 is 1.50 bits per heavy atom. The van der Waals surface area contributed by atoms with Crippen LogP contribution in [0.15, 0.2) is 10.9 Å². The number of carboxylic acids is 1. The lowest BCUT2D eigenvalue weighted by atomic mass is 9.86. The number of aromatic nitrogens is 2. The molecular formula is C14H21N3O3. The van der Waals surface area contributed by atoms with E-state index in [1.807, 2.05) is 13.8 Å². The Hall–Kier alpha value is -1.85. The molecule has 0 amide bonds. The third kappa shape index (κ3) is 3.00. The zero-order chi connectivity index (χ0) is 14.8. The molecule has 0 spiro atoms. The largest absolute Gasteiger partial charge is 0.481 e. The SMILES string of the molecule is CC(C)c1nc(NCC2(C(=O)O)CCCC2)cc(=O)[nH]1. The molecule has 20 heavy (non-hydrogen) atoms. The van der Waals surface area contributed by atoms with Crippen LogP contribution in [-0.2, 0) is 4.79 Å². The van der Waals surface area contributed by atoms with E-state index in [0.29, 0.717) is 31.0 Å². The van der Waals surface area contributed by atoms with Gasteiger partial charge in [0.2, 0.25) is 0 Å². The van der Waals surface area contributed by atoms with Gasteiger partial charge in [-0.3, -0.25) is 9.59 Å². The number of rotatable bonds is 5. The fourth-order valence-corrected chi connectivity index (χ4v) is 2.62. The first-order chi connectivity index (χ1) is 9.43. The Morgan fingerprint density at radius 2 is 2.15 bits per heavy atom. The number of hydrogen-bond acceptors (Lipinski definition) is 4. The molecular weight excluding hydrogens is 258 g/mol. The number of carboxylic acid groups (broad SMARTS) is 1. The van der Waals surface area contributed by atoms with Crippen LogP contribution in [0.1, 0.15) is 51.3 Å². The highest BCUT2D eigenvalue weighted by atomic mass is 16.4. The van der Waals surface area contributed by atoms with Gasteiger partial charge >= 0.3 is 5.97 Å². The van der Waals surface area contributed by atoms with E-state index < -0.39 is 11.4 Å². The molecule has 1 aliphatic carbocycles. The smallest absolute Gasteiger partial charge is 0.311 e. The highest BCUT2D eigenvalue weighted by Crippen LogP contribution is 2.38. The Morgan fingerprint density at radius 3 is 2.70 bits per heavy atom. The summed E-state index contributed by atoms with van der Waals surface area (Å²) in [5.41, 5.74) is -0.940. The van der Waals surface area contributed by atoms with Crippen LogP contribution in [0, 0.1) is 5.41 Å². The molecule has 1 saturated carbocycles. The number of aliphatic carboxylic acids is 1. The Balaban J connectivity index is 2.14. The van der Waals surface area contributed by atoms with E-state index in [4.69, 9.17) is 0 Å². The van der Waals surface area contributed by atoms with Crippen LogP contribution in [0.2, 0.25) is 0 Å². The van der Waals surface area contributed by atoms with E-state index in [9.17, 15) is 14.7 Å². The van der Waals surface area contributed by atoms with Gasteiger partial charge in [-0.25, -0.2) is 4.98 Å². The Bertz CT molecular complexity index is 545. The molecule has 0 radical (unpaired) electrons. The van der Waals surface area contributed by atoms with Gasteiger partial charge in [0.05, 0.1) is 5.41 Å². The molecule has 3 N–H and O–H groups in total. The van der Waals surface area contributed by atoms with Crippen LogP contribution in [0.4, 0.5) is 5.82 Å². The molecule has 1 aromatic rings. The van der Waals surface area contributed by atoms with Crippen LogP contribution in [0.5, 0.6) is 0 Å². The minimum Gasteiger partial charge on any atom is -0.481 e. The zero-order valence-electron chi connectivity index (χ0n) is 11.9. The first-order valence-electron chi connectivity index (χ1n) is 7.01. The topological polar surface area (TPSA) is 95.1 Å². The van der Waals surface area contributed by atoms with Crippen LogP contribution in [-0.4, -0.2) is 27.6 Å². The highest BCUT2D eigenvalue weighted by molar-refractivity contribution is 5.75. The first kappa shape index (κ1) is 14.6. The number of anilines is 1. The van der Waals surface area contributed by atoms with Crippen molar-refractivity contribution >= 4 is 11.8 Å². The molecule has 0 atom stereocenters. The van der Waals surface area contributed by atoms with Crippen LogP contribution in [0.3, 0.4) is 0 Å². The van der Waals surface area contributed by atoms with Gasteiger partial charge in [-0.15, -0.1) is 0 Å². The normalized spacial score (nSPS) is 17.4. The minimum atomic E-state index is -0.767. The van der Waals surface area contributed by atoms with Gasteiger partial charge in [-0.1, -0.05) is 26.7 Å². The number of nitrogens with zero attached hydrogens (tertiary/aromatic N) is 1. The van der Waals surface area contributed by atoms with Gasteiger partial charge in [0, 0.05) is 18.5 Å². The van der Waals surface area contributed by atoms with E-state index >= 15 is 0 Å². The molecule has 0 bridgehead atoms. The lowest BCUT2D eigenvalue weighted by molar-refractivity contribution is -0.147. The molecule has 6 nitrogen and oxygen atoms in total. The predicted octanol–water partition coefficient (Wildman–Crippen LogP) is 1.95. The number of aromatic amines is 1. The molecule has 0 aromatic carbocycles. The van der Waals surface area contributed by atoms with Crippen molar-refractivity contribution in [2.75, 3.05) is 11.9 Å². The number of hydrogen-bond donors (Lipinski definition) is 3. The maximum absolute atomic E-state index is 11.6. The minimum absolute atomic E-state index is 0.115. The van der Waals surface area contributed by atoms with Crippen LogP contribution >= 0.6 is 0 Å².